The van der Waals surface area contributed by atoms with Gasteiger partial charge in [-0.1, -0.05) is 23.5 Å². The molecule has 2 aromatic rings. The Kier molecular flexibility index (Phi) is 4.36. The van der Waals surface area contributed by atoms with Crippen molar-refractivity contribution in [2.75, 3.05) is 15.5 Å². The number of urea groups is 1. The summed E-state index contributed by atoms with van der Waals surface area (Å²) in [4.78, 5) is 38.9. The normalized spacial score (nSPS) is 26.5. The molecule has 1 aromatic carbocycles. The first-order valence-corrected chi connectivity index (χ1v) is 10.2. The number of halogens is 3. The number of benzene rings is 1. The molecule has 0 radical (unpaired) electrons. The van der Waals surface area contributed by atoms with E-state index in [0.717, 1.165) is 6.42 Å². The number of allylic oxidation sites excluding steroid dienone is 2. The molecule has 5 rings (SSSR count). The predicted molar refractivity (Wildman–Crippen MR) is 104 cm³/mol. The second kappa shape index (κ2) is 6.87. The van der Waals surface area contributed by atoms with Crippen molar-refractivity contribution < 1.29 is 27.6 Å². The number of carbonyl (C=O) groups is 3. The fraction of sp³-hybridized carbons (Fsp3) is 0.316. The molecule has 2 bridgehead atoms. The number of amides is 4. The monoisotopic (exact) mass is 449 g/mol. The van der Waals surface area contributed by atoms with Gasteiger partial charge in [-0.05, 0) is 42.5 Å². The van der Waals surface area contributed by atoms with Crippen LogP contribution in [0.1, 0.15) is 11.4 Å². The summed E-state index contributed by atoms with van der Waals surface area (Å²) in [6.45, 7) is 0. The predicted octanol–water partition coefficient (Wildman–Crippen LogP) is 3.51. The van der Waals surface area contributed by atoms with E-state index in [4.69, 9.17) is 0 Å². The van der Waals surface area contributed by atoms with E-state index in [-0.39, 0.29) is 52.0 Å². The number of anilines is 3. The highest BCUT2D eigenvalue weighted by Crippen LogP contribution is 2.53. The lowest BCUT2D eigenvalue weighted by Crippen LogP contribution is -2.32. The van der Waals surface area contributed by atoms with E-state index in [0.29, 0.717) is 11.4 Å². The minimum Gasteiger partial charge on any atom is -0.308 e. The molecule has 2 heterocycles. The summed E-state index contributed by atoms with van der Waals surface area (Å²) in [5.41, 5.74) is 0.733. The number of fused-ring (bicyclic) bond motifs is 5. The van der Waals surface area contributed by atoms with Crippen molar-refractivity contribution >= 4 is 45.7 Å². The average molecular weight is 449 g/mol. The first kappa shape index (κ1) is 19.7. The van der Waals surface area contributed by atoms with Crippen molar-refractivity contribution in [3.63, 3.8) is 0 Å². The number of aromatic nitrogens is 2. The van der Waals surface area contributed by atoms with Crippen molar-refractivity contribution in [1.29, 1.82) is 0 Å². The van der Waals surface area contributed by atoms with Gasteiger partial charge in [-0.3, -0.25) is 19.8 Å². The van der Waals surface area contributed by atoms with Crippen LogP contribution in [0.5, 0.6) is 0 Å². The van der Waals surface area contributed by atoms with Gasteiger partial charge in [0.1, 0.15) is 0 Å². The van der Waals surface area contributed by atoms with E-state index in [1.807, 2.05) is 12.2 Å². The summed E-state index contributed by atoms with van der Waals surface area (Å²) < 4.78 is 37.7. The third-order valence-corrected chi connectivity index (χ3v) is 6.63. The molecule has 1 saturated heterocycles. The third kappa shape index (κ3) is 3.26. The second-order valence-corrected chi connectivity index (χ2v) is 8.53. The molecule has 1 saturated carbocycles. The number of hydrogen-bond acceptors (Lipinski definition) is 6. The second-order valence-electron chi connectivity index (χ2n) is 7.55. The van der Waals surface area contributed by atoms with Crippen LogP contribution in [0.2, 0.25) is 0 Å². The fourth-order valence-electron chi connectivity index (χ4n) is 4.50. The largest absolute Gasteiger partial charge is 0.445 e. The average Bonchev–Trinajstić information content (AvgIpc) is 3.47. The Hall–Kier alpha value is -3.28. The third-order valence-electron chi connectivity index (χ3n) is 5.74. The van der Waals surface area contributed by atoms with E-state index < -0.39 is 17.2 Å². The van der Waals surface area contributed by atoms with Gasteiger partial charge in [-0.2, -0.15) is 13.2 Å². The molecule has 160 valence electrons. The van der Waals surface area contributed by atoms with Gasteiger partial charge in [0, 0.05) is 5.69 Å². The molecular formula is C19H14F3N5O3S. The SMILES string of the molecule is O=C(Nc1ccc(N2C(=O)[C@@H]3[C@@H](C2=O)[C@H]2C=C[C@H]3C2)cc1)Nc1nnc(C(F)(F)F)s1. The van der Waals surface area contributed by atoms with E-state index in [1.54, 1.807) is 0 Å². The molecule has 12 heteroatoms. The lowest BCUT2D eigenvalue weighted by Gasteiger charge is -2.17. The molecule has 3 aliphatic rings. The molecule has 31 heavy (non-hydrogen) atoms. The van der Waals surface area contributed by atoms with Gasteiger partial charge in [-0.25, -0.2) is 4.79 Å². The van der Waals surface area contributed by atoms with E-state index in [9.17, 15) is 27.6 Å². The van der Waals surface area contributed by atoms with Crippen LogP contribution >= 0.6 is 11.3 Å². The molecule has 0 unspecified atom stereocenters. The summed E-state index contributed by atoms with van der Waals surface area (Å²) in [6.07, 6.45) is 0.240. The zero-order chi connectivity index (χ0) is 21.9. The van der Waals surface area contributed by atoms with Gasteiger partial charge in [0.15, 0.2) is 0 Å². The molecule has 1 aliphatic heterocycles. The zero-order valence-electron chi connectivity index (χ0n) is 15.6. The van der Waals surface area contributed by atoms with Gasteiger partial charge in [0.25, 0.3) is 0 Å². The van der Waals surface area contributed by atoms with E-state index >= 15 is 0 Å². The van der Waals surface area contributed by atoms with Crippen molar-refractivity contribution in [3.8, 4) is 0 Å². The number of carbonyl (C=O) groups excluding carboxylic acids is 3. The molecule has 4 amide bonds. The zero-order valence-corrected chi connectivity index (χ0v) is 16.4. The highest BCUT2D eigenvalue weighted by molar-refractivity contribution is 7.15. The van der Waals surface area contributed by atoms with E-state index in [2.05, 4.69) is 20.8 Å². The molecule has 4 atom stereocenters. The van der Waals surface area contributed by atoms with Crippen molar-refractivity contribution in [3.05, 3.63) is 41.4 Å². The highest BCUT2D eigenvalue weighted by Gasteiger charge is 2.59. The van der Waals surface area contributed by atoms with Crippen LogP contribution in [0.3, 0.4) is 0 Å². The topological polar surface area (TPSA) is 104 Å². The smallest absolute Gasteiger partial charge is 0.308 e. The van der Waals surface area contributed by atoms with Gasteiger partial charge in [-0.15, -0.1) is 10.2 Å². The molecule has 8 nitrogen and oxygen atoms in total. The van der Waals surface area contributed by atoms with Crippen LogP contribution in [0.4, 0.5) is 34.5 Å². The maximum atomic E-state index is 12.8. The summed E-state index contributed by atoms with van der Waals surface area (Å²) in [5.74, 6) is -0.804. The van der Waals surface area contributed by atoms with Crippen LogP contribution in [0.15, 0.2) is 36.4 Å². The Labute approximate surface area is 177 Å². The minimum atomic E-state index is -4.64. The first-order chi connectivity index (χ1) is 14.7. The van der Waals surface area contributed by atoms with Crippen LogP contribution in [0, 0.1) is 23.7 Å². The molecule has 2 aliphatic carbocycles. The number of nitrogens with one attached hydrogen (secondary N) is 2. The Balaban J connectivity index is 1.25. The maximum Gasteiger partial charge on any atom is 0.445 e. The van der Waals surface area contributed by atoms with Gasteiger partial charge in [0.2, 0.25) is 22.0 Å². The number of nitrogens with zero attached hydrogens (tertiary/aromatic N) is 3. The quantitative estimate of drug-likeness (QED) is 0.551. The van der Waals surface area contributed by atoms with E-state index in [1.165, 1.54) is 29.2 Å². The Morgan fingerprint density at radius 1 is 1.00 bits per heavy atom. The first-order valence-electron chi connectivity index (χ1n) is 9.37. The van der Waals surface area contributed by atoms with Crippen LogP contribution in [-0.4, -0.2) is 28.0 Å². The van der Waals surface area contributed by atoms with Crippen molar-refractivity contribution in [1.82, 2.24) is 10.2 Å². The molecular weight excluding hydrogens is 435 g/mol. The Morgan fingerprint density at radius 2 is 1.61 bits per heavy atom. The van der Waals surface area contributed by atoms with Gasteiger partial charge >= 0.3 is 12.2 Å². The number of alkyl halides is 3. The maximum absolute atomic E-state index is 12.8. The molecule has 1 aromatic heterocycles. The van der Waals surface area contributed by atoms with Gasteiger partial charge in [0.05, 0.1) is 17.5 Å². The van der Waals surface area contributed by atoms with Crippen LogP contribution in [-0.2, 0) is 15.8 Å². The number of rotatable bonds is 3. The van der Waals surface area contributed by atoms with Crippen LogP contribution < -0.4 is 15.5 Å². The Morgan fingerprint density at radius 3 is 2.16 bits per heavy atom. The lowest BCUT2D eigenvalue weighted by atomic mass is 9.85. The Bertz CT molecular complexity index is 1080. The fourth-order valence-corrected chi connectivity index (χ4v) is 5.10. The molecule has 2 N–H and O–H groups in total. The lowest BCUT2D eigenvalue weighted by molar-refractivity contribution is -0.138. The number of hydrogen-bond donors (Lipinski definition) is 2. The van der Waals surface area contributed by atoms with Crippen LogP contribution in [0.25, 0.3) is 0 Å². The summed E-state index contributed by atoms with van der Waals surface area (Å²) in [5, 5.41) is 9.43. The minimum absolute atomic E-state index is 0.110. The highest BCUT2D eigenvalue weighted by atomic mass is 32.1. The van der Waals surface area contributed by atoms with Gasteiger partial charge < -0.3 is 5.32 Å². The summed E-state index contributed by atoms with van der Waals surface area (Å²) in [7, 11) is 0. The summed E-state index contributed by atoms with van der Waals surface area (Å²) in [6, 6.07) is 5.27. The van der Waals surface area contributed by atoms with Crippen molar-refractivity contribution in [2.24, 2.45) is 23.7 Å². The number of imide groups is 1. The summed E-state index contributed by atoms with van der Waals surface area (Å²) >= 11 is 0.206. The standard InChI is InChI=1S/C19H14F3N5O3S/c20-19(21,22)16-25-26-18(31-16)24-17(30)23-10-3-5-11(6-4-10)27-14(28)12-8-1-2-9(7-8)13(12)15(27)29/h1-6,8-9,12-13H,7H2,(H2,23,24,26,30)/t8-,9-,12-,13-/m0/s1. The van der Waals surface area contributed by atoms with Crippen molar-refractivity contribution in [2.45, 2.75) is 12.6 Å². The molecule has 2 fully saturated rings. The molecule has 0 spiro atoms.